The number of hydrogen-bond acceptors (Lipinski definition) is 3. The molecular formula is C13H21ClN2O2S. The second kappa shape index (κ2) is 7.85. The highest BCUT2D eigenvalue weighted by atomic mass is 35.5. The Balaban J connectivity index is 0.00000180. The van der Waals surface area contributed by atoms with Gasteiger partial charge in [-0.25, -0.2) is 13.1 Å². The molecule has 1 aliphatic heterocycles. The lowest BCUT2D eigenvalue weighted by atomic mass is 10.1. The number of hydrogen-bond donors (Lipinski definition) is 2. The van der Waals surface area contributed by atoms with Gasteiger partial charge in [-0.3, -0.25) is 0 Å². The van der Waals surface area contributed by atoms with Crippen LogP contribution < -0.4 is 10.0 Å². The van der Waals surface area contributed by atoms with Crippen molar-refractivity contribution in [2.75, 3.05) is 19.6 Å². The molecule has 0 aliphatic carbocycles. The van der Waals surface area contributed by atoms with Gasteiger partial charge in [-0.1, -0.05) is 30.3 Å². The molecule has 0 radical (unpaired) electrons. The Morgan fingerprint density at radius 3 is 2.63 bits per heavy atom. The average molecular weight is 305 g/mol. The van der Waals surface area contributed by atoms with Gasteiger partial charge >= 0.3 is 0 Å². The van der Waals surface area contributed by atoms with Crippen LogP contribution in [0.15, 0.2) is 30.3 Å². The van der Waals surface area contributed by atoms with E-state index in [1.54, 1.807) is 0 Å². The zero-order valence-corrected chi connectivity index (χ0v) is 12.5. The summed E-state index contributed by atoms with van der Waals surface area (Å²) in [4.78, 5) is 0. The average Bonchev–Trinajstić information content (AvgIpc) is 2.82. The van der Waals surface area contributed by atoms with Crippen molar-refractivity contribution in [3.63, 3.8) is 0 Å². The molecule has 0 saturated carbocycles. The molecule has 1 heterocycles. The maximum absolute atomic E-state index is 11.8. The van der Waals surface area contributed by atoms with Gasteiger partial charge in [-0.2, -0.15) is 0 Å². The third-order valence-electron chi connectivity index (χ3n) is 3.24. The molecule has 2 N–H and O–H groups in total. The highest BCUT2D eigenvalue weighted by Gasteiger charge is 2.16. The number of nitrogens with one attached hydrogen (secondary N) is 2. The van der Waals surface area contributed by atoms with Gasteiger partial charge in [0.2, 0.25) is 10.0 Å². The van der Waals surface area contributed by atoms with Crippen molar-refractivity contribution in [2.24, 2.45) is 5.92 Å². The maximum Gasteiger partial charge on any atom is 0.215 e. The lowest BCUT2D eigenvalue weighted by molar-refractivity contribution is 0.519. The zero-order chi connectivity index (χ0) is 12.8. The number of benzene rings is 1. The minimum Gasteiger partial charge on any atom is -0.316 e. The molecule has 1 fully saturated rings. The van der Waals surface area contributed by atoms with E-state index in [2.05, 4.69) is 10.0 Å². The van der Waals surface area contributed by atoms with Crippen LogP contribution in [0.5, 0.6) is 0 Å². The second-order valence-electron chi connectivity index (χ2n) is 4.79. The Morgan fingerprint density at radius 1 is 1.26 bits per heavy atom. The summed E-state index contributed by atoms with van der Waals surface area (Å²) in [5.74, 6) is 0.681. The van der Waals surface area contributed by atoms with E-state index in [0.717, 1.165) is 31.5 Å². The molecule has 6 heteroatoms. The summed E-state index contributed by atoms with van der Waals surface area (Å²) >= 11 is 0. The molecular weight excluding hydrogens is 284 g/mol. The Bertz CT molecular complexity index is 459. The molecule has 1 unspecified atom stereocenters. The standard InChI is InChI=1S/C13H20N2O2S.ClH/c16-18(17,11-13-4-2-1-3-5-13)15-9-7-12-6-8-14-10-12;/h1-5,12,14-15H,6-11H2;1H. The van der Waals surface area contributed by atoms with Crippen molar-refractivity contribution in [1.29, 1.82) is 0 Å². The summed E-state index contributed by atoms with van der Waals surface area (Å²) in [5, 5.41) is 3.28. The lowest BCUT2D eigenvalue weighted by Gasteiger charge is -2.10. The Morgan fingerprint density at radius 2 is 2.00 bits per heavy atom. The highest BCUT2D eigenvalue weighted by Crippen LogP contribution is 2.11. The molecule has 1 atom stereocenters. The summed E-state index contributed by atoms with van der Waals surface area (Å²) in [7, 11) is -3.20. The van der Waals surface area contributed by atoms with Gasteiger partial charge in [0.25, 0.3) is 0 Å². The zero-order valence-electron chi connectivity index (χ0n) is 10.8. The fraction of sp³-hybridized carbons (Fsp3) is 0.538. The van der Waals surface area contributed by atoms with E-state index >= 15 is 0 Å². The molecule has 1 saturated heterocycles. The van der Waals surface area contributed by atoms with E-state index in [0.29, 0.717) is 12.5 Å². The van der Waals surface area contributed by atoms with Crippen LogP contribution in [-0.4, -0.2) is 28.1 Å². The highest BCUT2D eigenvalue weighted by molar-refractivity contribution is 7.88. The quantitative estimate of drug-likeness (QED) is 0.838. The van der Waals surface area contributed by atoms with Gasteiger partial charge < -0.3 is 5.32 Å². The molecule has 0 amide bonds. The van der Waals surface area contributed by atoms with Crippen molar-refractivity contribution in [1.82, 2.24) is 10.0 Å². The first-order valence-corrected chi connectivity index (χ1v) is 8.03. The molecule has 1 aromatic rings. The maximum atomic E-state index is 11.8. The summed E-state index contributed by atoms with van der Waals surface area (Å²) in [6.45, 7) is 2.61. The third-order valence-corrected chi connectivity index (χ3v) is 4.59. The van der Waals surface area contributed by atoms with Gasteiger partial charge in [0.1, 0.15) is 0 Å². The van der Waals surface area contributed by atoms with Crippen LogP contribution in [0.2, 0.25) is 0 Å². The van der Waals surface area contributed by atoms with Crippen molar-refractivity contribution < 1.29 is 8.42 Å². The van der Waals surface area contributed by atoms with Crippen LogP contribution in [0.25, 0.3) is 0 Å². The van der Waals surface area contributed by atoms with Crippen LogP contribution in [0, 0.1) is 5.92 Å². The van der Waals surface area contributed by atoms with E-state index in [4.69, 9.17) is 0 Å². The number of rotatable bonds is 6. The number of halogens is 1. The molecule has 0 aromatic heterocycles. The molecule has 0 bridgehead atoms. The molecule has 1 aromatic carbocycles. The van der Waals surface area contributed by atoms with Gasteiger partial charge in [0, 0.05) is 6.54 Å². The largest absolute Gasteiger partial charge is 0.316 e. The van der Waals surface area contributed by atoms with Crippen molar-refractivity contribution >= 4 is 22.4 Å². The van der Waals surface area contributed by atoms with Crippen molar-refractivity contribution in [2.45, 2.75) is 18.6 Å². The van der Waals surface area contributed by atoms with E-state index in [9.17, 15) is 8.42 Å². The lowest BCUT2D eigenvalue weighted by Crippen LogP contribution is -2.27. The van der Waals surface area contributed by atoms with E-state index in [-0.39, 0.29) is 18.2 Å². The van der Waals surface area contributed by atoms with Crippen molar-refractivity contribution in [3.8, 4) is 0 Å². The Hall–Kier alpha value is -0.620. The van der Waals surface area contributed by atoms with Gasteiger partial charge in [-0.15, -0.1) is 12.4 Å². The third kappa shape index (κ3) is 5.91. The van der Waals surface area contributed by atoms with E-state index in [1.165, 1.54) is 0 Å². The summed E-state index contributed by atoms with van der Waals surface area (Å²) in [6.07, 6.45) is 2.07. The van der Waals surface area contributed by atoms with Crippen LogP contribution in [0.4, 0.5) is 0 Å². The fourth-order valence-electron chi connectivity index (χ4n) is 2.22. The Labute approximate surface area is 121 Å². The molecule has 19 heavy (non-hydrogen) atoms. The molecule has 4 nitrogen and oxygen atoms in total. The van der Waals surface area contributed by atoms with Crippen LogP contribution in [0.1, 0.15) is 18.4 Å². The summed E-state index contributed by atoms with van der Waals surface area (Å²) in [6, 6.07) is 9.26. The minimum absolute atomic E-state index is 0. The monoisotopic (exact) mass is 304 g/mol. The predicted molar refractivity (Wildman–Crippen MR) is 79.9 cm³/mol. The Kier molecular flexibility index (Phi) is 6.79. The van der Waals surface area contributed by atoms with Gasteiger partial charge in [0.05, 0.1) is 5.75 Å². The molecule has 108 valence electrons. The smallest absolute Gasteiger partial charge is 0.215 e. The SMILES string of the molecule is Cl.O=S(=O)(Cc1ccccc1)NCCC1CCNC1. The fourth-order valence-corrected chi connectivity index (χ4v) is 3.39. The van der Waals surface area contributed by atoms with Gasteiger partial charge in [0.15, 0.2) is 0 Å². The molecule has 0 spiro atoms. The molecule has 1 aliphatic rings. The summed E-state index contributed by atoms with van der Waals surface area (Å²) in [5.41, 5.74) is 0.826. The molecule has 2 rings (SSSR count). The van der Waals surface area contributed by atoms with Gasteiger partial charge in [-0.05, 0) is 37.4 Å². The van der Waals surface area contributed by atoms with Crippen LogP contribution in [-0.2, 0) is 15.8 Å². The predicted octanol–water partition coefficient (Wildman–Crippen LogP) is 1.53. The van der Waals surface area contributed by atoms with E-state index < -0.39 is 10.0 Å². The number of sulfonamides is 1. The summed E-state index contributed by atoms with van der Waals surface area (Å²) < 4.78 is 26.4. The van der Waals surface area contributed by atoms with E-state index in [1.807, 2.05) is 30.3 Å². The second-order valence-corrected chi connectivity index (χ2v) is 6.59. The topological polar surface area (TPSA) is 58.2 Å². The first kappa shape index (κ1) is 16.4. The first-order valence-electron chi connectivity index (χ1n) is 6.38. The van der Waals surface area contributed by atoms with Crippen LogP contribution >= 0.6 is 12.4 Å². The normalized spacial score (nSPS) is 19.1. The first-order chi connectivity index (χ1) is 8.66. The minimum atomic E-state index is -3.20. The van der Waals surface area contributed by atoms with Crippen molar-refractivity contribution in [3.05, 3.63) is 35.9 Å². The van der Waals surface area contributed by atoms with Crippen LogP contribution in [0.3, 0.4) is 0 Å².